The summed E-state index contributed by atoms with van der Waals surface area (Å²) in [6.45, 7) is 0.346. The molecule has 24 heavy (non-hydrogen) atoms. The number of aryl methyl sites for hydroxylation is 1. The third-order valence-electron chi connectivity index (χ3n) is 3.48. The Hall–Kier alpha value is -2.37. The highest BCUT2D eigenvalue weighted by Crippen LogP contribution is 2.28. The standard InChI is InChI=1S/C17H14Cl2N4O/c1-23-16(11-5-6-13(18)14(19)8-11)9-15(22-23)17(24)21-10-12-4-2-3-7-20-12/h2-9H,10H2,1H3,(H,21,24). The predicted octanol–water partition coefficient (Wildman–Crippen LogP) is 3.72. The van der Waals surface area contributed by atoms with E-state index in [1.54, 1.807) is 36.1 Å². The van der Waals surface area contributed by atoms with Crippen molar-refractivity contribution in [2.75, 3.05) is 0 Å². The van der Waals surface area contributed by atoms with E-state index in [9.17, 15) is 4.79 Å². The minimum absolute atomic E-state index is 0.262. The van der Waals surface area contributed by atoms with Crippen molar-refractivity contribution in [3.63, 3.8) is 0 Å². The Bertz CT molecular complexity index is 878. The first kappa shape index (κ1) is 16.5. The molecule has 0 atom stereocenters. The number of benzene rings is 1. The lowest BCUT2D eigenvalue weighted by Gasteiger charge is -2.03. The number of hydrogen-bond acceptors (Lipinski definition) is 3. The van der Waals surface area contributed by atoms with Gasteiger partial charge in [0.25, 0.3) is 5.91 Å². The first-order valence-electron chi connectivity index (χ1n) is 7.22. The molecule has 2 aromatic heterocycles. The number of nitrogens with zero attached hydrogens (tertiary/aromatic N) is 3. The lowest BCUT2D eigenvalue weighted by atomic mass is 10.1. The maximum absolute atomic E-state index is 12.3. The van der Waals surface area contributed by atoms with Crippen LogP contribution >= 0.6 is 23.2 Å². The summed E-state index contributed by atoms with van der Waals surface area (Å²) in [4.78, 5) is 16.4. The Morgan fingerprint density at radius 1 is 1.17 bits per heavy atom. The van der Waals surface area contributed by atoms with Gasteiger partial charge in [-0.05, 0) is 30.3 Å². The summed E-state index contributed by atoms with van der Waals surface area (Å²) in [5, 5.41) is 8.00. The Kier molecular flexibility index (Phi) is 4.83. The van der Waals surface area contributed by atoms with E-state index >= 15 is 0 Å². The summed E-state index contributed by atoms with van der Waals surface area (Å²) in [6.07, 6.45) is 1.69. The molecule has 0 bridgehead atoms. The van der Waals surface area contributed by atoms with Crippen LogP contribution < -0.4 is 5.32 Å². The fraction of sp³-hybridized carbons (Fsp3) is 0.118. The Balaban J connectivity index is 1.78. The van der Waals surface area contributed by atoms with E-state index in [0.29, 0.717) is 22.3 Å². The lowest BCUT2D eigenvalue weighted by molar-refractivity contribution is 0.0944. The molecule has 122 valence electrons. The molecule has 0 saturated heterocycles. The van der Waals surface area contributed by atoms with Crippen molar-refractivity contribution in [3.8, 4) is 11.3 Å². The number of rotatable bonds is 4. The number of amides is 1. The monoisotopic (exact) mass is 360 g/mol. The second kappa shape index (κ2) is 7.03. The molecule has 0 aliphatic heterocycles. The van der Waals surface area contributed by atoms with Gasteiger partial charge in [-0.15, -0.1) is 0 Å². The van der Waals surface area contributed by atoms with Crippen LogP contribution in [0.3, 0.4) is 0 Å². The Labute approximate surface area is 149 Å². The summed E-state index contributed by atoms with van der Waals surface area (Å²) in [5.74, 6) is -0.262. The number of halogens is 2. The minimum Gasteiger partial charge on any atom is -0.345 e. The van der Waals surface area contributed by atoms with E-state index in [1.807, 2.05) is 24.3 Å². The highest BCUT2D eigenvalue weighted by atomic mass is 35.5. The van der Waals surface area contributed by atoms with Gasteiger partial charge in [0.2, 0.25) is 0 Å². The van der Waals surface area contributed by atoms with Crippen molar-refractivity contribution in [3.05, 3.63) is 70.1 Å². The summed E-state index contributed by atoms with van der Waals surface area (Å²) < 4.78 is 1.63. The van der Waals surface area contributed by atoms with Gasteiger partial charge in [0.1, 0.15) is 0 Å². The van der Waals surface area contributed by atoms with Crippen LogP contribution in [0.15, 0.2) is 48.7 Å². The fourth-order valence-corrected chi connectivity index (χ4v) is 2.57. The third-order valence-corrected chi connectivity index (χ3v) is 4.22. The van der Waals surface area contributed by atoms with E-state index in [1.165, 1.54) is 0 Å². The van der Waals surface area contributed by atoms with E-state index in [0.717, 1.165) is 17.0 Å². The molecular weight excluding hydrogens is 347 g/mol. The molecule has 0 spiro atoms. The number of carbonyl (C=O) groups is 1. The van der Waals surface area contributed by atoms with Gasteiger partial charge in [0.05, 0.1) is 28.0 Å². The molecule has 5 nitrogen and oxygen atoms in total. The van der Waals surface area contributed by atoms with Crippen LogP contribution in [-0.2, 0) is 13.6 Å². The van der Waals surface area contributed by atoms with Gasteiger partial charge >= 0.3 is 0 Å². The normalized spacial score (nSPS) is 10.6. The fourth-order valence-electron chi connectivity index (χ4n) is 2.27. The topological polar surface area (TPSA) is 59.8 Å². The van der Waals surface area contributed by atoms with Crippen LogP contribution in [0.5, 0.6) is 0 Å². The summed E-state index contributed by atoms with van der Waals surface area (Å²) in [6, 6.07) is 12.6. The van der Waals surface area contributed by atoms with Crippen LogP contribution in [0.4, 0.5) is 0 Å². The molecule has 0 aliphatic rings. The molecule has 0 unspecified atom stereocenters. The molecule has 1 N–H and O–H groups in total. The highest BCUT2D eigenvalue weighted by molar-refractivity contribution is 6.42. The molecule has 0 fully saturated rings. The number of carbonyl (C=O) groups excluding carboxylic acids is 1. The number of nitrogens with one attached hydrogen (secondary N) is 1. The number of pyridine rings is 1. The molecule has 0 aliphatic carbocycles. The molecule has 2 heterocycles. The van der Waals surface area contributed by atoms with Gasteiger partial charge in [-0.1, -0.05) is 35.3 Å². The molecular formula is C17H14Cl2N4O. The van der Waals surface area contributed by atoms with Crippen LogP contribution in [0.2, 0.25) is 10.0 Å². The SMILES string of the molecule is Cn1nc(C(=O)NCc2ccccn2)cc1-c1ccc(Cl)c(Cl)c1. The second-order valence-electron chi connectivity index (χ2n) is 5.17. The third kappa shape index (κ3) is 3.58. The lowest BCUT2D eigenvalue weighted by Crippen LogP contribution is -2.23. The van der Waals surface area contributed by atoms with Crippen LogP contribution in [0.1, 0.15) is 16.2 Å². The van der Waals surface area contributed by atoms with Crippen molar-refractivity contribution in [2.24, 2.45) is 7.05 Å². The summed E-state index contributed by atoms with van der Waals surface area (Å²) >= 11 is 12.0. The molecule has 1 aromatic carbocycles. The largest absolute Gasteiger partial charge is 0.345 e. The highest BCUT2D eigenvalue weighted by Gasteiger charge is 2.14. The molecule has 0 radical (unpaired) electrons. The van der Waals surface area contributed by atoms with Crippen molar-refractivity contribution in [1.29, 1.82) is 0 Å². The maximum Gasteiger partial charge on any atom is 0.272 e. The minimum atomic E-state index is -0.262. The zero-order valence-corrected chi connectivity index (χ0v) is 14.3. The van der Waals surface area contributed by atoms with E-state index in [-0.39, 0.29) is 5.91 Å². The number of aromatic nitrogens is 3. The number of hydrogen-bond donors (Lipinski definition) is 1. The summed E-state index contributed by atoms with van der Waals surface area (Å²) in [5.41, 5.74) is 2.72. The van der Waals surface area contributed by atoms with Gasteiger partial charge in [-0.3, -0.25) is 14.5 Å². The summed E-state index contributed by atoms with van der Waals surface area (Å²) in [7, 11) is 1.77. The average Bonchev–Trinajstić information content (AvgIpc) is 2.98. The van der Waals surface area contributed by atoms with E-state index in [2.05, 4.69) is 15.4 Å². The van der Waals surface area contributed by atoms with E-state index < -0.39 is 0 Å². The zero-order chi connectivity index (χ0) is 17.1. The molecule has 3 rings (SSSR count). The van der Waals surface area contributed by atoms with Gasteiger partial charge in [-0.25, -0.2) is 0 Å². The Morgan fingerprint density at radius 2 is 2.00 bits per heavy atom. The smallest absolute Gasteiger partial charge is 0.272 e. The predicted molar refractivity (Wildman–Crippen MR) is 94.1 cm³/mol. The molecule has 3 aromatic rings. The maximum atomic E-state index is 12.3. The first-order valence-corrected chi connectivity index (χ1v) is 7.98. The van der Waals surface area contributed by atoms with Gasteiger partial charge < -0.3 is 5.32 Å². The van der Waals surface area contributed by atoms with Crippen LogP contribution in [0, 0.1) is 0 Å². The first-order chi connectivity index (χ1) is 11.5. The van der Waals surface area contributed by atoms with Crippen molar-refractivity contribution in [2.45, 2.75) is 6.54 Å². The van der Waals surface area contributed by atoms with Gasteiger partial charge in [0.15, 0.2) is 5.69 Å². The molecule has 7 heteroatoms. The van der Waals surface area contributed by atoms with E-state index in [4.69, 9.17) is 23.2 Å². The van der Waals surface area contributed by atoms with Gasteiger partial charge in [-0.2, -0.15) is 5.10 Å². The van der Waals surface area contributed by atoms with Crippen molar-refractivity contribution in [1.82, 2.24) is 20.1 Å². The molecule has 0 saturated carbocycles. The Morgan fingerprint density at radius 3 is 2.71 bits per heavy atom. The molecule has 1 amide bonds. The van der Waals surface area contributed by atoms with Crippen LogP contribution in [-0.4, -0.2) is 20.7 Å². The zero-order valence-electron chi connectivity index (χ0n) is 12.8. The second-order valence-corrected chi connectivity index (χ2v) is 5.99. The van der Waals surface area contributed by atoms with Crippen molar-refractivity contribution >= 4 is 29.1 Å². The van der Waals surface area contributed by atoms with Crippen molar-refractivity contribution < 1.29 is 4.79 Å². The quantitative estimate of drug-likeness (QED) is 0.771. The average molecular weight is 361 g/mol. The van der Waals surface area contributed by atoms with Crippen LogP contribution in [0.25, 0.3) is 11.3 Å². The van der Waals surface area contributed by atoms with Gasteiger partial charge in [0, 0.05) is 18.8 Å².